The maximum atomic E-state index is 2.38. The van der Waals surface area contributed by atoms with Crippen molar-refractivity contribution < 1.29 is 0 Å². The van der Waals surface area contributed by atoms with Crippen LogP contribution in [0.4, 0.5) is 0 Å². The van der Waals surface area contributed by atoms with Crippen molar-refractivity contribution in [2.45, 2.75) is 5.92 Å². The molecule has 0 aliphatic heterocycles. The minimum absolute atomic E-state index is 0.116. The summed E-state index contributed by atoms with van der Waals surface area (Å²) in [6, 6.07) is 63.9. The van der Waals surface area contributed by atoms with E-state index in [4.69, 9.17) is 0 Å². The second-order valence-electron chi connectivity index (χ2n) is 11.8. The molecule has 0 radical (unpaired) electrons. The van der Waals surface area contributed by atoms with Crippen molar-refractivity contribution in [2.24, 2.45) is 0 Å². The predicted molar refractivity (Wildman–Crippen MR) is 189 cm³/mol. The van der Waals surface area contributed by atoms with Crippen LogP contribution in [0.1, 0.15) is 22.6 Å². The van der Waals surface area contributed by atoms with Crippen LogP contribution >= 0.6 is 0 Å². The van der Waals surface area contributed by atoms with Gasteiger partial charge >= 0.3 is 0 Å². The minimum atomic E-state index is 0.116. The van der Waals surface area contributed by atoms with Gasteiger partial charge in [0.1, 0.15) is 0 Å². The smallest absolute Gasteiger partial charge is 0.0541 e. The molecule has 0 fully saturated rings. The number of hydrogen-bond acceptors (Lipinski definition) is 0. The third-order valence-corrected chi connectivity index (χ3v) is 9.26. The molecule has 2 aromatic heterocycles. The third-order valence-electron chi connectivity index (χ3n) is 9.26. The number of benzene rings is 7. The fourth-order valence-electron chi connectivity index (χ4n) is 7.26. The zero-order valence-corrected chi connectivity index (χ0v) is 24.7. The quantitative estimate of drug-likeness (QED) is 0.181. The Bertz CT molecular complexity index is 2200. The maximum Gasteiger partial charge on any atom is 0.0541 e. The highest BCUT2D eigenvalue weighted by Crippen LogP contribution is 2.37. The molecule has 0 unspecified atom stereocenters. The van der Waals surface area contributed by atoms with Crippen molar-refractivity contribution in [1.29, 1.82) is 0 Å². The Kier molecular flexibility index (Phi) is 5.92. The number of fused-ring (bicyclic) bond motifs is 6. The molecule has 0 saturated heterocycles. The van der Waals surface area contributed by atoms with Crippen LogP contribution in [0.25, 0.3) is 55.0 Å². The summed E-state index contributed by atoms with van der Waals surface area (Å²) in [6.07, 6.45) is 0. The summed E-state index contributed by atoms with van der Waals surface area (Å²) in [6.45, 7) is 0. The fraction of sp³-hybridized carbons (Fsp3) is 0.0233. The van der Waals surface area contributed by atoms with E-state index in [2.05, 4.69) is 185 Å². The summed E-state index contributed by atoms with van der Waals surface area (Å²) < 4.78 is 4.76. The van der Waals surface area contributed by atoms with Gasteiger partial charge in [0.25, 0.3) is 0 Å². The number of hydrogen-bond donors (Lipinski definition) is 0. The highest BCUT2D eigenvalue weighted by molar-refractivity contribution is 6.10. The summed E-state index contributed by atoms with van der Waals surface area (Å²) in [5, 5.41) is 5.12. The van der Waals surface area contributed by atoms with Crippen LogP contribution in [-0.4, -0.2) is 9.13 Å². The number of para-hydroxylation sites is 4. The highest BCUT2D eigenvalue weighted by atomic mass is 15.0. The van der Waals surface area contributed by atoms with E-state index in [1.807, 2.05) is 0 Å². The van der Waals surface area contributed by atoms with Gasteiger partial charge in [0.15, 0.2) is 0 Å². The number of nitrogens with zero attached hydrogens (tertiary/aromatic N) is 2. The van der Waals surface area contributed by atoms with Crippen LogP contribution in [0.5, 0.6) is 0 Å². The fourth-order valence-corrected chi connectivity index (χ4v) is 7.26. The summed E-state index contributed by atoms with van der Waals surface area (Å²) in [7, 11) is 0. The zero-order valence-electron chi connectivity index (χ0n) is 24.7. The van der Waals surface area contributed by atoms with Crippen molar-refractivity contribution in [1.82, 2.24) is 9.13 Å². The minimum Gasteiger partial charge on any atom is -0.309 e. The lowest BCUT2D eigenvalue weighted by Crippen LogP contribution is -2.04. The van der Waals surface area contributed by atoms with E-state index in [-0.39, 0.29) is 5.92 Å². The number of aromatic nitrogens is 2. The van der Waals surface area contributed by atoms with E-state index >= 15 is 0 Å². The Morgan fingerprint density at radius 2 is 0.556 bits per heavy atom. The first-order valence-corrected chi connectivity index (χ1v) is 15.6. The molecule has 9 rings (SSSR count). The van der Waals surface area contributed by atoms with E-state index in [0.29, 0.717) is 0 Å². The topological polar surface area (TPSA) is 9.86 Å². The SMILES string of the molecule is c1ccc(C(c2ccc(-n3c4ccccc4c4ccccc43)cc2)c2ccc(-n3c4ccccc4c4ccccc43)cc2)cc1. The van der Waals surface area contributed by atoms with E-state index in [1.54, 1.807) is 0 Å². The van der Waals surface area contributed by atoms with Crippen molar-refractivity contribution in [3.05, 3.63) is 193 Å². The molecule has 0 saturated carbocycles. The van der Waals surface area contributed by atoms with Crippen LogP contribution < -0.4 is 0 Å². The molecule has 0 aliphatic rings. The van der Waals surface area contributed by atoms with Crippen LogP contribution in [0.3, 0.4) is 0 Å². The van der Waals surface area contributed by atoms with Gasteiger partial charge in [-0.05, 0) is 65.2 Å². The van der Waals surface area contributed by atoms with E-state index in [1.165, 1.54) is 71.7 Å². The van der Waals surface area contributed by atoms with Crippen molar-refractivity contribution in [3.8, 4) is 11.4 Å². The van der Waals surface area contributed by atoms with Gasteiger partial charge < -0.3 is 9.13 Å². The molecule has 0 bridgehead atoms. The lowest BCUT2D eigenvalue weighted by Gasteiger charge is -2.20. The van der Waals surface area contributed by atoms with Gasteiger partial charge in [-0.25, -0.2) is 0 Å². The van der Waals surface area contributed by atoms with Gasteiger partial charge in [-0.15, -0.1) is 0 Å². The van der Waals surface area contributed by atoms with E-state index in [0.717, 1.165) is 0 Å². The molecule has 0 amide bonds. The summed E-state index contributed by atoms with van der Waals surface area (Å²) >= 11 is 0. The first kappa shape index (κ1) is 25.6. The lowest BCUT2D eigenvalue weighted by molar-refractivity contribution is 0.972. The standard InChI is InChI=1S/C43H30N2/c1-2-12-30(13-3-1)43(31-22-26-33(27-23-31)44-39-18-8-4-14-35(39)36-15-5-9-19-40(36)44)32-24-28-34(29-25-32)45-41-20-10-6-16-37(41)38-17-7-11-21-42(38)45/h1-29,43H. The molecule has 0 N–H and O–H groups in total. The molecule has 2 heteroatoms. The van der Waals surface area contributed by atoms with Gasteiger partial charge in [-0.2, -0.15) is 0 Å². The first-order chi connectivity index (χ1) is 22.3. The van der Waals surface area contributed by atoms with Gasteiger partial charge in [0, 0.05) is 38.8 Å². The lowest BCUT2D eigenvalue weighted by atomic mass is 9.85. The van der Waals surface area contributed by atoms with Crippen molar-refractivity contribution in [2.75, 3.05) is 0 Å². The molecule has 45 heavy (non-hydrogen) atoms. The van der Waals surface area contributed by atoms with E-state index < -0.39 is 0 Å². The summed E-state index contributed by atoms with van der Waals surface area (Å²) in [4.78, 5) is 0. The van der Waals surface area contributed by atoms with Crippen molar-refractivity contribution >= 4 is 43.6 Å². The Labute approximate surface area is 262 Å². The normalized spacial score (nSPS) is 11.8. The summed E-state index contributed by atoms with van der Waals surface area (Å²) in [5.74, 6) is 0.116. The molecular weight excluding hydrogens is 544 g/mol. The summed E-state index contributed by atoms with van der Waals surface area (Å²) in [5.41, 5.74) is 11.1. The van der Waals surface area contributed by atoms with Crippen LogP contribution in [0.15, 0.2) is 176 Å². The molecule has 2 nitrogen and oxygen atoms in total. The molecule has 2 heterocycles. The monoisotopic (exact) mass is 574 g/mol. The third kappa shape index (κ3) is 4.11. The van der Waals surface area contributed by atoms with Gasteiger partial charge in [-0.1, -0.05) is 127 Å². The molecular formula is C43H30N2. The van der Waals surface area contributed by atoms with Gasteiger partial charge in [0.05, 0.1) is 22.1 Å². The Hall–Kier alpha value is -5.86. The Morgan fingerprint density at radius 1 is 0.267 bits per heavy atom. The molecule has 0 spiro atoms. The second kappa shape index (κ2) is 10.4. The maximum absolute atomic E-state index is 2.38. The predicted octanol–water partition coefficient (Wildman–Crippen LogP) is 11.1. The van der Waals surface area contributed by atoms with E-state index in [9.17, 15) is 0 Å². The van der Waals surface area contributed by atoms with Crippen LogP contribution in [0.2, 0.25) is 0 Å². The van der Waals surface area contributed by atoms with Crippen molar-refractivity contribution in [3.63, 3.8) is 0 Å². The highest BCUT2D eigenvalue weighted by Gasteiger charge is 2.19. The molecule has 9 aromatic rings. The van der Waals surface area contributed by atoms with Gasteiger partial charge in [-0.3, -0.25) is 0 Å². The first-order valence-electron chi connectivity index (χ1n) is 15.6. The van der Waals surface area contributed by atoms with Gasteiger partial charge in [0.2, 0.25) is 0 Å². The second-order valence-corrected chi connectivity index (χ2v) is 11.8. The molecule has 0 atom stereocenters. The van der Waals surface area contributed by atoms with Crippen LogP contribution in [-0.2, 0) is 0 Å². The number of rotatable bonds is 5. The largest absolute Gasteiger partial charge is 0.309 e. The van der Waals surface area contributed by atoms with Crippen LogP contribution in [0, 0.1) is 0 Å². The molecule has 212 valence electrons. The Morgan fingerprint density at radius 3 is 0.911 bits per heavy atom. The Balaban J connectivity index is 1.15. The average Bonchev–Trinajstić information content (AvgIpc) is 3.63. The molecule has 7 aromatic carbocycles. The molecule has 0 aliphatic carbocycles. The zero-order chi connectivity index (χ0) is 29.7. The average molecular weight is 575 g/mol.